The van der Waals surface area contributed by atoms with Crippen LogP contribution in [0.4, 0.5) is 5.82 Å². The molecule has 0 aliphatic carbocycles. The maximum atomic E-state index is 13.2. The van der Waals surface area contributed by atoms with E-state index in [0.29, 0.717) is 6.54 Å². The number of nitrogens with zero attached hydrogens (tertiary/aromatic N) is 4. The van der Waals surface area contributed by atoms with Gasteiger partial charge in [-0.2, -0.15) is 0 Å². The van der Waals surface area contributed by atoms with Gasteiger partial charge in [0.1, 0.15) is 5.82 Å². The van der Waals surface area contributed by atoms with Crippen LogP contribution >= 0.6 is 24.8 Å². The molecular weight excluding hydrogens is 433 g/mol. The number of benzene rings is 1. The highest BCUT2D eigenvalue weighted by Gasteiger charge is 2.29. The van der Waals surface area contributed by atoms with E-state index in [1.54, 1.807) is 0 Å². The fraction of sp³-hybridized carbons (Fsp3) is 0.478. The smallest absolute Gasteiger partial charge is 0.237 e. The first-order valence-electron chi connectivity index (χ1n) is 10.7. The normalized spacial score (nSPS) is 19.3. The number of nitrogens with one attached hydrogen (secondary N) is 1. The van der Waals surface area contributed by atoms with Crippen molar-refractivity contribution in [2.24, 2.45) is 0 Å². The summed E-state index contributed by atoms with van der Waals surface area (Å²) in [7, 11) is 0. The number of pyridine rings is 1. The Labute approximate surface area is 197 Å². The highest BCUT2D eigenvalue weighted by atomic mass is 35.5. The van der Waals surface area contributed by atoms with Crippen LogP contribution in [-0.4, -0.2) is 73.0 Å². The number of carbonyl (C=O) groups is 1. The Hall–Kier alpha value is -1.86. The Kier molecular flexibility index (Phi) is 10.0. The van der Waals surface area contributed by atoms with E-state index < -0.39 is 0 Å². The summed E-state index contributed by atoms with van der Waals surface area (Å²) in [6.07, 6.45) is 2.87. The molecule has 1 N–H and O–H groups in total. The molecular formula is C23H33Cl2N5O. The summed E-state index contributed by atoms with van der Waals surface area (Å²) < 4.78 is 0. The lowest BCUT2D eigenvalue weighted by molar-refractivity contribution is -0.135. The molecule has 31 heavy (non-hydrogen) atoms. The molecule has 1 atom stereocenters. The zero-order valence-electron chi connectivity index (χ0n) is 18.1. The average Bonchev–Trinajstić information content (AvgIpc) is 2.80. The molecule has 2 aliphatic heterocycles. The molecule has 2 saturated heterocycles. The monoisotopic (exact) mass is 465 g/mol. The summed E-state index contributed by atoms with van der Waals surface area (Å²) in [6.45, 7) is 8.73. The first-order chi connectivity index (χ1) is 14.2. The minimum atomic E-state index is 0. The predicted molar refractivity (Wildman–Crippen MR) is 131 cm³/mol. The van der Waals surface area contributed by atoms with Gasteiger partial charge < -0.3 is 15.1 Å². The van der Waals surface area contributed by atoms with E-state index in [-0.39, 0.29) is 36.8 Å². The Morgan fingerprint density at radius 3 is 2.42 bits per heavy atom. The molecule has 8 heteroatoms. The minimum absolute atomic E-state index is 0. The van der Waals surface area contributed by atoms with Gasteiger partial charge in [0.25, 0.3) is 0 Å². The second-order valence-corrected chi connectivity index (χ2v) is 7.85. The van der Waals surface area contributed by atoms with Gasteiger partial charge in [-0.05, 0) is 29.7 Å². The molecule has 1 unspecified atom stereocenters. The summed E-state index contributed by atoms with van der Waals surface area (Å²) >= 11 is 0. The molecule has 2 aromatic rings. The number of aryl methyl sites for hydroxylation is 1. The number of rotatable bonds is 5. The van der Waals surface area contributed by atoms with Crippen LogP contribution in [0.2, 0.25) is 0 Å². The van der Waals surface area contributed by atoms with Gasteiger partial charge in [0.05, 0.1) is 12.6 Å². The Morgan fingerprint density at radius 1 is 1.03 bits per heavy atom. The number of hydrogen-bond donors (Lipinski definition) is 1. The summed E-state index contributed by atoms with van der Waals surface area (Å²) in [4.78, 5) is 24.2. The highest BCUT2D eigenvalue weighted by molar-refractivity contribution is 5.85. The Bertz CT molecular complexity index is 797. The van der Waals surface area contributed by atoms with Crippen LogP contribution in [0.5, 0.6) is 0 Å². The molecule has 0 spiro atoms. The number of hydrogen-bond acceptors (Lipinski definition) is 5. The van der Waals surface area contributed by atoms with Gasteiger partial charge in [-0.25, -0.2) is 4.98 Å². The van der Waals surface area contributed by atoms with E-state index in [0.717, 1.165) is 58.1 Å². The van der Waals surface area contributed by atoms with E-state index in [2.05, 4.69) is 62.3 Å². The molecule has 0 saturated carbocycles. The van der Waals surface area contributed by atoms with Gasteiger partial charge in [0.2, 0.25) is 5.91 Å². The Morgan fingerprint density at radius 2 is 1.77 bits per heavy atom. The maximum Gasteiger partial charge on any atom is 0.237 e. The number of halogens is 2. The Balaban J connectivity index is 0.00000171. The fourth-order valence-electron chi connectivity index (χ4n) is 4.23. The lowest BCUT2D eigenvalue weighted by Gasteiger charge is -2.39. The van der Waals surface area contributed by atoms with E-state index in [4.69, 9.17) is 0 Å². The van der Waals surface area contributed by atoms with E-state index in [1.165, 1.54) is 11.1 Å². The first kappa shape index (κ1) is 25.4. The van der Waals surface area contributed by atoms with Gasteiger partial charge in [-0.15, -0.1) is 24.8 Å². The van der Waals surface area contributed by atoms with Crippen LogP contribution in [0, 0.1) is 0 Å². The molecule has 0 radical (unpaired) electrons. The van der Waals surface area contributed by atoms with E-state index in [9.17, 15) is 4.79 Å². The lowest BCUT2D eigenvalue weighted by Crippen LogP contribution is -2.54. The maximum absolute atomic E-state index is 13.2. The number of aromatic nitrogens is 1. The average molecular weight is 466 g/mol. The van der Waals surface area contributed by atoms with Crippen LogP contribution in [0.3, 0.4) is 0 Å². The van der Waals surface area contributed by atoms with Crippen LogP contribution in [0.15, 0.2) is 48.7 Å². The van der Waals surface area contributed by atoms with Crippen LogP contribution < -0.4 is 10.2 Å². The predicted octanol–water partition coefficient (Wildman–Crippen LogP) is 2.78. The van der Waals surface area contributed by atoms with Crippen molar-refractivity contribution in [3.05, 3.63) is 59.8 Å². The first-order valence-corrected chi connectivity index (χ1v) is 10.7. The summed E-state index contributed by atoms with van der Waals surface area (Å²) in [6, 6.07) is 14.9. The second kappa shape index (κ2) is 12.2. The molecule has 0 bridgehead atoms. The van der Waals surface area contributed by atoms with Crippen molar-refractivity contribution in [3.8, 4) is 0 Å². The quantitative estimate of drug-likeness (QED) is 0.735. The number of piperazine rings is 2. The molecule has 1 aromatic heterocycles. The van der Waals surface area contributed by atoms with Gasteiger partial charge in [0.15, 0.2) is 0 Å². The minimum Gasteiger partial charge on any atom is -0.354 e. The third-order valence-electron chi connectivity index (χ3n) is 6.04. The molecule has 3 heterocycles. The van der Waals surface area contributed by atoms with Gasteiger partial charge in [-0.1, -0.05) is 37.3 Å². The van der Waals surface area contributed by atoms with E-state index >= 15 is 0 Å². The number of anilines is 1. The molecule has 4 rings (SSSR count). The van der Waals surface area contributed by atoms with Crippen molar-refractivity contribution in [1.29, 1.82) is 0 Å². The van der Waals surface area contributed by atoms with Crippen molar-refractivity contribution in [2.45, 2.75) is 19.4 Å². The number of carbonyl (C=O) groups excluding carboxylic acids is 1. The van der Waals surface area contributed by atoms with Crippen molar-refractivity contribution >= 4 is 36.5 Å². The zero-order chi connectivity index (χ0) is 20.1. The molecule has 1 amide bonds. The molecule has 2 fully saturated rings. The third-order valence-corrected chi connectivity index (χ3v) is 6.04. The lowest BCUT2D eigenvalue weighted by atomic mass is 10.0. The highest BCUT2D eigenvalue weighted by Crippen LogP contribution is 2.23. The summed E-state index contributed by atoms with van der Waals surface area (Å²) in [5.41, 5.74) is 2.56. The van der Waals surface area contributed by atoms with Crippen molar-refractivity contribution in [3.63, 3.8) is 0 Å². The SMILES string of the molecule is CCc1ccc(C2CNCCN2C(=O)CN2CCN(c3ccccn3)CC2)cc1.Cl.Cl. The van der Waals surface area contributed by atoms with Crippen molar-refractivity contribution in [1.82, 2.24) is 20.1 Å². The molecule has 2 aliphatic rings. The summed E-state index contributed by atoms with van der Waals surface area (Å²) in [5, 5.41) is 3.45. The van der Waals surface area contributed by atoms with Crippen molar-refractivity contribution < 1.29 is 4.79 Å². The van der Waals surface area contributed by atoms with Crippen LogP contribution in [0.25, 0.3) is 0 Å². The van der Waals surface area contributed by atoms with Crippen LogP contribution in [-0.2, 0) is 11.2 Å². The van der Waals surface area contributed by atoms with Gasteiger partial charge in [0, 0.05) is 52.0 Å². The number of amides is 1. The molecule has 1 aromatic carbocycles. The van der Waals surface area contributed by atoms with Gasteiger partial charge in [-0.3, -0.25) is 9.69 Å². The largest absolute Gasteiger partial charge is 0.354 e. The standard InChI is InChI=1S/C23H31N5O.2ClH/c1-2-19-6-8-20(9-7-19)21-17-24-11-12-28(21)23(29)18-26-13-15-27(16-14-26)22-5-3-4-10-25-22;;/h3-10,21,24H,2,11-18H2,1H3;2*1H. The van der Waals surface area contributed by atoms with Gasteiger partial charge >= 0.3 is 0 Å². The second-order valence-electron chi connectivity index (χ2n) is 7.85. The fourth-order valence-corrected chi connectivity index (χ4v) is 4.23. The van der Waals surface area contributed by atoms with Crippen molar-refractivity contribution in [2.75, 3.05) is 57.3 Å². The molecule has 6 nitrogen and oxygen atoms in total. The zero-order valence-corrected chi connectivity index (χ0v) is 19.7. The van der Waals surface area contributed by atoms with Crippen LogP contribution in [0.1, 0.15) is 24.1 Å². The summed E-state index contributed by atoms with van der Waals surface area (Å²) in [5.74, 6) is 1.26. The third kappa shape index (κ3) is 6.32. The molecule has 170 valence electrons. The topological polar surface area (TPSA) is 51.7 Å². The van der Waals surface area contributed by atoms with E-state index in [1.807, 2.05) is 18.3 Å².